The number of Topliss-reactive ketones (excluding diaryl/α,β-unsaturated/α-hetero) is 1. The lowest BCUT2D eigenvalue weighted by Crippen LogP contribution is -2.51. The largest absolute Gasteiger partial charge is 0.335 e. The van der Waals surface area contributed by atoms with Crippen LogP contribution in [0.25, 0.3) is 10.8 Å². The molecule has 0 heterocycles. The van der Waals surface area contributed by atoms with E-state index in [2.05, 4.69) is 62.9 Å². The average Bonchev–Trinajstić information content (AvgIpc) is 3.32. The van der Waals surface area contributed by atoms with Gasteiger partial charge in [0.25, 0.3) is 0 Å². The van der Waals surface area contributed by atoms with Crippen molar-refractivity contribution in [2.24, 2.45) is 27.5 Å². The first-order valence-corrected chi connectivity index (χ1v) is 16.9. The quantitative estimate of drug-likeness (QED) is 0.212. The Morgan fingerprint density at radius 1 is 0.911 bits per heavy atom. The summed E-state index contributed by atoms with van der Waals surface area (Å²) < 4.78 is 0. The topological polar surface area (TPSA) is 124 Å². The molecule has 9 nitrogen and oxygen atoms in total. The standard InChI is InChI=1S/C36H44N6O3/c1-36(25-16-15-24(30(36)19-25)21-37-41-34(44)38-26-10-4-2-5-11-26)20-22-17-23-9-8-14-28-31(23)29(18-22)32(33(28)43)40-42-35(45)39-27-12-6-3-7-13-27/h8-9,14-15,17-18,21,25-27,30H,2-7,10-13,16,19-20H2,1H3,(H2,38,41,44)(H2,39,42,45)/b37-21+,40-32+. The van der Waals surface area contributed by atoms with E-state index >= 15 is 0 Å². The number of hydrogen-bond donors (Lipinski definition) is 4. The highest BCUT2D eigenvalue weighted by atomic mass is 16.2. The van der Waals surface area contributed by atoms with Crippen molar-refractivity contribution in [3.05, 3.63) is 58.7 Å². The van der Waals surface area contributed by atoms with Crippen LogP contribution in [0.1, 0.15) is 105 Å². The number of allylic oxidation sites excluding steroid dienone is 2. The monoisotopic (exact) mass is 608 g/mol. The fraction of sp³-hybridized carbons (Fsp3) is 0.528. The van der Waals surface area contributed by atoms with Crippen molar-refractivity contribution >= 4 is 40.5 Å². The van der Waals surface area contributed by atoms with Crippen molar-refractivity contribution in [3.8, 4) is 0 Å². The highest BCUT2D eigenvalue weighted by Crippen LogP contribution is 2.60. The van der Waals surface area contributed by atoms with Crippen LogP contribution in [0, 0.1) is 17.3 Å². The number of urea groups is 2. The molecule has 3 unspecified atom stereocenters. The van der Waals surface area contributed by atoms with E-state index in [0.29, 0.717) is 23.1 Å². The summed E-state index contributed by atoms with van der Waals surface area (Å²) in [6.07, 6.45) is 18.1. The molecule has 5 aliphatic rings. The van der Waals surface area contributed by atoms with E-state index in [-0.39, 0.29) is 35.3 Å². The number of nitrogens with one attached hydrogen (secondary N) is 4. The lowest BCUT2D eigenvalue weighted by molar-refractivity contribution is -0.0197. The van der Waals surface area contributed by atoms with E-state index in [9.17, 15) is 14.4 Å². The van der Waals surface area contributed by atoms with Crippen molar-refractivity contribution in [3.63, 3.8) is 0 Å². The number of carbonyl (C=O) groups is 3. The number of amides is 4. The number of hydrogen-bond acceptors (Lipinski definition) is 5. The minimum atomic E-state index is -0.359. The molecule has 2 bridgehead atoms. The first-order valence-electron chi connectivity index (χ1n) is 16.9. The second-order valence-electron chi connectivity index (χ2n) is 14.0. The summed E-state index contributed by atoms with van der Waals surface area (Å²) in [5.41, 5.74) is 9.40. The van der Waals surface area contributed by atoms with Crippen LogP contribution in [0.15, 0.2) is 52.2 Å². The van der Waals surface area contributed by atoms with Gasteiger partial charge in [0.1, 0.15) is 5.71 Å². The van der Waals surface area contributed by atoms with Crippen molar-refractivity contribution in [2.45, 2.75) is 102 Å². The molecule has 0 spiro atoms. The Hall–Kier alpha value is -4.01. The molecule has 0 radical (unpaired) electrons. The molecule has 5 aliphatic carbocycles. The Kier molecular flexibility index (Phi) is 8.19. The minimum absolute atomic E-state index is 0.0382. The second-order valence-corrected chi connectivity index (χ2v) is 14.0. The van der Waals surface area contributed by atoms with Crippen molar-refractivity contribution in [2.75, 3.05) is 0 Å². The maximum Gasteiger partial charge on any atom is 0.335 e. The Labute approximate surface area is 264 Å². The Balaban J connectivity index is 1.05. The van der Waals surface area contributed by atoms with E-state index in [1.54, 1.807) is 0 Å². The Bertz CT molecular complexity index is 1600. The van der Waals surface area contributed by atoms with E-state index in [1.165, 1.54) is 31.3 Å². The van der Waals surface area contributed by atoms with Gasteiger partial charge in [-0.25, -0.2) is 20.4 Å². The van der Waals surface area contributed by atoms with Crippen LogP contribution < -0.4 is 21.5 Å². The molecule has 9 heteroatoms. The third-order valence-electron chi connectivity index (χ3n) is 11.2. The van der Waals surface area contributed by atoms with Gasteiger partial charge in [0.2, 0.25) is 5.78 Å². The average molecular weight is 609 g/mol. The molecule has 0 aromatic heterocycles. The van der Waals surface area contributed by atoms with E-state index in [0.717, 1.165) is 79.7 Å². The zero-order chi connectivity index (χ0) is 31.0. The molecule has 0 saturated heterocycles. The maximum atomic E-state index is 13.4. The molecule has 7 rings (SSSR count). The first kappa shape index (κ1) is 29.7. The lowest BCUT2D eigenvalue weighted by atomic mass is 9.46. The zero-order valence-corrected chi connectivity index (χ0v) is 26.2. The fourth-order valence-corrected chi connectivity index (χ4v) is 8.63. The molecule has 236 valence electrons. The van der Waals surface area contributed by atoms with Crippen LogP contribution in [0.5, 0.6) is 0 Å². The summed E-state index contributed by atoms with van der Waals surface area (Å²) in [7, 11) is 0. The van der Waals surface area contributed by atoms with Gasteiger partial charge < -0.3 is 10.6 Å². The second kappa shape index (κ2) is 12.4. The molecule has 4 amide bonds. The lowest BCUT2D eigenvalue weighted by Gasteiger charge is -2.58. The van der Waals surface area contributed by atoms with Gasteiger partial charge in [0.15, 0.2) is 0 Å². The summed E-state index contributed by atoms with van der Waals surface area (Å²) in [5.74, 6) is 0.760. The number of carbonyl (C=O) groups excluding carboxylic acids is 3. The molecular formula is C36H44N6O3. The maximum absolute atomic E-state index is 13.4. The molecule has 45 heavy (non-hydrogen) atoms. The van der Waals surface area contributed by atoms with Crippen LogP contribution in [-0.4, -0.2) is 41.9 Å². The molecule has 3 saturated carbocycles. The highest BCUT2D eigenvalue weighted by molar-refractivity contribution is 6.59. The highest BCUT2D eigenvalue weighted by Gasteiger charge is 2.54. The number of fused-ring (bicyclic) bond motifs is 2. The van der Waals surface area contributed by atoms with Crippen LogP contribution in [-0.2, 0) is 6.42 Å². The third kappa shape index (κ3) is 5.89. The van der Waals surface area contributed by atoms with Gasteiger partial charge in [0, 0.05) is 28.6 Å². The van der Waals surface area contributed by atoms with Crippen molar-refractivity contribution in [1.29, 1.82) is 0 Å². The normalized spacial score (nSPS) is 27.4. The smallest absolute Gasteiger partial charge is 0.334 e. The molecule has 4 N–H and O–H groups in total. The molecule has 0 aliphatic heterocycles. The van der Waals surface area contributed by atoms with Crippen molar-refractivity contribution < 1.29 is 14.4 Å². The van der Waals surface area contributed by atoms with Gasteiger partial charge in [-0.1, -0.05) is 75.8 Å². The van der Waals surface area contributed by atoms with E-state index < -0.39 is 0 Å². The third-order valence-corrected chi connectivity index (χ3v) is 11.2. The molecular weight excluding hydrogens is 564 g/mol. The summed E-state index contributed by atoms with van der Waals surface area (Å²) in [6, 6.07) is 9.93. The number of ketones is 1. The van der Waals surface area contributed by atoms with Gasteiger partial charge in [0.05, 0.1) is 6.21 Å². The SMILES string of the molecule is CC1(Cc2cc3c4c(cccc4c2)C(=O)/C3=N/NC(=O)NC2CCCCC2)C2CC=C(/C=N/NC(=O)NC3CCCCC3)C1C2. The van der Waals surface area contributed by atoms with Gasteiger partial charge in [-0.15, -0.1) is 0 Å². The molecule has 2 aromatic carbocycles. The molecule has 3 atom stereocenters. The first-order chi connectivity index (χ1) is 21.9. The van der Waals surface area contributed by atoms with Gasteiger partial charge in [-0.05, 0) is 84.8 Å². The van der Waals surface area contributed by atoms with Crippen LogP contribution in [0.2, 0.25) is 0 Å². The predicted molar refractivity (Wildman–Crippen MR) is 176 cm³/mol. The van der Waals surface area contributed by atoms with Crippen LogP contribution in [0.3, 0.4) is 0 Å². The van der Waals surface area contributed by atoms with Crippen LogP contribution >= 0.6 is 0 Å². The number of benzene rings is 2. The van der Waals surface area contributed by atoms with E-state index in [4.69, 9.17) is 0 Å². The predicted octanol–water partition coefficient (Wildman–Crippen LogP) is 6.50. The van der Waals surface area contributed by atoms with Gasteiger partial charge >= 0.3 is 12.1 Å². The number of rotatable bonds is 7. The van der Waals surface area contributed by atoms with Crippen molar-refractivity contribution in [1.82, 2.24) is 21.5 Å². The summed E-state index contributed by atoms with van der Waals surface area (Å²) in [6.45, 7) is 2.35. The minimum Gasteiger partial charge on any atom is -0.334 e. The Morgan fingerprint density at radius 2 is 1.60 bits per heavy atom. The Morgan fingerprint density at radius 3 is 2.29 bits per heavy atom. The summed E-state index contributed by atoms with van der Waals surface area (Å²) >= 11 is 0. The molecule has 2 aromatic rings. The zero-order valence-electron chi connectivity index (χ0n) is 26.2. The summed E-state index contributed by atoms with van der Waals surface area (Å²) in [4.78, 5) is 38.5. The summed E-state index contributed by atoms with van der Waals surface area (Å²) in [5, 5.41) is 16.7. The van der Waals surface area contributed by atoms with Gasteiger partial charge in [-0.3, -0.25) is 4.79 Å². The van der Waals surface area contributed by atoms with Crippen LogP contribution in [0.4, 0.5) is 9.59 Å². The van der Waals surface area contributed by atoms with E-state index in [1.807, 2.05) is 18.3 Å². The number of hydrazone groups is 2. The number of nitrogens with zero attached hydrogens (tertiary/aromatic N) is 2. The fourth-order valence-electron chi connectivity index (χ4n) is 8.63. The van der Waals surface area contributed by atoms with Gasteiger partial charge in [-0.2, -0.15) is 10.2 Å². The molecule has 3 fully saturated rings.